The van der Waals surface area contributed by atoms with E-state index in [9.17, 15) is 9.90 Å². The van der Waals surface area contributed by atoms with Crippen LogP contribution in [-0.4, -0.2) is 29.1 Å². The Bertz CT molecular complexity index is 665. The van der Waals surface area contributed by atoms with Gasteiger partial charge in [-0.15, -0.1) is 0 Å². The minimum absolute atomic E-state index is 0.316. The second kappa shape index (κ2) is 5.72. The van der Waals surface area contributed by atoms with Crippen LogP contribution in [0.5, 0.6) is 0 Å². The molecule has 0 saturated heterocycles. The average Bonchev–Trinajstić information content (AvgIpc) is 3.29. The SMILES string of the molecule is CCCN(CC1CC1)c1ccc2c(C(=O)O)cccc2n1. The third kappa shape index (κ3) is 2.99. The van der Waals surface area contributed by atoms with Gasteiger partial charge in [-0.2, -0.15) is 0 Å². The van der Waals surface area contributed by atoms with E-state index in [1.54, 1.807) is 12.1 Å². The van der Waals surface area contributed by atoms with Crippen molar-refractivity contribution in [2.75, 3.05) is 18.0 Å². The number of aromatic carboxylic acids is 1. The van der Waals surface area contributed by atoms with Crippen LogP contribution in [0.1, 0.15) is 36.5 Å². The molecule has 0 atom stereocenters. The Balaban J connectivity index is 1.97. The first-order chi connectivity index (χ1) is 10.2. The maximum absolute atomic E-state index is 11.3. The fraction of sp³-hybridized carbons (Fsp3) is 0.412. The van der Waals surface area contributed by atoms with Gasteiger partial charge in [-0.1, -0.05) is 13.0 Å². The Morgan fingerprint density at radius 1 is 1.33 bits per heavy atom. The highest BCUT2D eigenvalue weighted by atomic mass is 16.4. The van der Waals surface area contributed by atoms with Gasteiger partial charge >= 0.3 is 5.97 Å². The highest BCUT2D eigenvalue weighted by Gasteiger charge is 2.24. The van der Waals surface area contributed by atoms with E-state index in [0.717, 1.165) is 36.8 Å². The van der Waals surface area contributed by atoms with Crippen LogP contribution in [0, 0.1) is 5.92 Å². The first-order valence-electron chi connectivity index (χ1n) is 7.57. The molecule has 1 fully saturated rings. The van der Waals surface area contributed by atoms with Crippen molar-refractivity contribution in [2.24, 2.45) is 5.92 Å². The highest BCUT2D eigenvalue weighted by Crippen LogP contribution is 2.31. The van der Waals surface area contributed by atoms with E-state index in [0.29, 0.717) is 10.9 Å². The van der Waals surface area contributed by atoms with Crippen molar-refractivity contribution in [1.29, 1.82) is 0 Å². The van der Waals surface area contributed by atoms with E-state index in [1.807, 2.05) is 18.2 Å². The molecule has 2 aromatic rings. The average molecular weight is 284 g/mol. The summed E-state index contributed by atoms with van der Waals surface area (Å²) in [6.07, 6.45) is 3.72. The fourth-order valence-electron chi connectivity index (χ4n) is 2.69. The molecule has 0 spiro atoms. The zero-order chi connectivity index (χ0) is 14.8. The molecular formula is C17H20N2O2. The predicted molar refractivity (Wildman–Crippen MR) is 83.9 cm³/mol. The molecule has 1 aromatic carbocycles. The number of hydrogen-bond acceptors (Lipinski definition) is 3. The van der Waals surface area contributed by atoms with Crippen LogP contribution in [0.3, 0.4) is 0 Å². The standard InChI is InChI=1S/C17H20N2O2/c1-2-10-19(11-12-6-7-12)16-9-8-13-14(17(20)21)4-3-5-15(13)18-16/h3-5,8-9,12H,2,6-7,10-11H2,1H3,(H,20,21). The molecule has 1 aliphatic carbocycles. The van der Waals surface area contributed by atoms with Gasteiger partial charge in [-0.05, 0) is 49.4 Å². The summed E-state index contributed by atoms with van der Waals surface area (Å²) in [7, 11) is 0. The van der Waals surface area contributed by atoms with Crippen molar-refractivity contribution in [1.82, 2.24) is 4.98 Å². The van der Waals surface area contributed by atoms with Gasteiger partial charge in [0.2, 0.25) is 0 Å². The van der Waals surface area contributed by atoms with Gasteiger partial charge in [0, 0.05) is 18.5 Å². The van der Waals surface area contributed by atoms with Crippen LogP contribution in [0.15, 0.2) is 30.3 Å². The third-order valence-corrected chi connectivity index (χ3v) is 3.94. The molecule has 0 unspecified atom stereocenters. The summed E-state index contributed by atoms with van der Waals surface area (Å²) < 4.78 is 0. The smallest absolute Gasteiger partial charge is 0.336 e. The molecule has 1 saturated carbocycles. The maximum atomic E-state index is 11.3. The Morgan fingerprint density at radius 2 is 2.14 bits per heavy atom. The van der Waals surface area contributed by atoms with E-state index >= 15 is 0 Å². The molecule has 4 heteroatoms. The van der Waals surface area contributed by atoms with E-state index < -0.39 is 5.97 Å². The van der Waals surface area contributed by atoms with Gasteiger partial charge in [0.25, 0.3) is 0 Å². The first-order valence-corrected chi connectivity index (χ1v) is 7.57. The quantitative estimate of drug-likeness (QED) is 0.881. The Hall–Kier alpha value is -2.10. The second-order valence-electron chi connectivity index (χ2n) is 5.74. The largest absolute Gasteiger partial charge is 0.478 e. The summed E-state index contributed by atoms with van der Waals surface area (Å²) in [6.45, 7) is 4.22. The zero-order valence-electron chi connectivity index (χ0n) is 12.2. The number of hydrogen-bond donors (Lipinski definition) is 1. The minimum atomic E-state index is -0.904. The molecule has 3 rings (SSSR count). The lowest BCUT2D eigenvalue weighted by Gasteiger charge is -2.23. The van der Waals surface area contributed by atoms with Crippen molar-refractivity contribution < 1.29 is 9.90 Å². The lowest BCUT2D eigenvalue weighted by atomic mass is 10.1. The number of benzene rings is 1. The fourth-order valence-corrected chi connectivity index (χ4v) is 2.69. The number of rotatable bonds is 6. The van der Waals surface area contributed by atoms with Crippen LogP contribution in [-0.2, 0) is 0 Å². The van der Waals surface area contributed by atoms with E-state index in [-0.39, 0.29) is 0 Å². The molecule has 110 valence electrons. The molecule has 0 radical (unpaired) electrons. The summed E-state index contributed by atoms with van der Waals surface area (Å²) >= 11 is 0. The molecule has 1 aliphatic rings. The van der Waals surface area contributed by atoms with Gasteiger partial charge in [0.05, 0.1) is 11.1 Å². The zero-order valence-corrected chi connectivity index (χ0v) is 12.2. The molecule has 1 heterocycles. The normalized spacial score (nSPS) is 14.3. The van der Waals surface area contributed by atoms with Gasteiger partial charge in [0.15, 0.2) is 0 Å². The summed E-state index contributed by atoms with van der Waals surface area (Å²) in [4.78, 5) is 18.3. The third-order valence-electron chi connectivity index (χ3n) is 3.94. The van der Waals surface area contributed by atoms with Gasteiger partial charge in [-0.25, -0.2) is 9.78 Å². The lowest BCUT2D eigenvalue weighted by Crippen LogP contribution is -2.27. The maximum Gasteiger partial charge on any atom is 0.336 e. The van der Waals surface area contributed by atoms with Crippen molar-refractivity contribution in [3.63, 3.8) is 0 Å². The van der Waals surface area contributed by atoms with E-state index in [2.05, 4.69) is 16.8 Å². The van der Waals surface area contributed by atoms with Gasteiger partial charge in [-0.3, -0.25) is 0 Å². The van der Waals surface area contributed by atoms with Crippen LogP contribution < -0.4 is 4.90 Å². The summed E-state index contributed by atoms with van der Waals surface area (Å²) in [5.74, 6) is 0.858. The lowest BCUT2D eigenvalue weighted by molar-refractivity contribution is 0.0699. The number of fused-ring (bicyclic) bond motifs is 1. The van der Waals surface area contributed by atoms with Crippen molar-refractivity contribution >= 4 is 22.7 Å². The summed E-state index contributed by atoms with van der Waals surface area (Å²) in [5, 5.41) is 9.94. The highest BCUT2D eigenvalue weighted by molar-refractivity contribution is 6.02. The Labute approximate surface area is 124 Å². The van der Waals surface area contributed by atoms with Crippen LogP contribution in [0.25, 0.3) is 10.9 Å². The van der Waals surface area contributed by atoms with Crippen molar-refractivity contribution in [3.05, 3.63) is 35.9 Å². The molecule has 0 bridgehead atoms. The van der Waals surface area contributed by atoms with Crippen LogP contribution >= 0.6 is 0 Å². The number of pyridine rings is 1. The molecule has 0 amide bonds. The first kappa shape index (κ1) is 13.9. The van der Waals surface area contributed by atoms with Crippen LogP contribution in [0.2, 0.25) is 0 Å². The van der Waals surface area contributed by atoms with Crippen molar-refractivity contribution in [3.8, 4) is 0 Å². The molecule has 4 nitrogen and oxygen atoms in total. The van der Waals surface area contributed by atoms with Gasteiger partial charge < -0.3 is 10.0 Å². The Morgan fingerprint density at radius 3 is 2.81 bits per heavy atom. The van der Waals surface area contributed by atoms with Crippen molar-refractivity contribution in [2.45, 2.75) is 26.2 Å². The predicted octanol–water partition coefficient (Wildman–Crippen LogP) is 3.56. The topological polar surface area (TPSA) is 53.4 Å². The summed E-state index contributed by atoms with van der Waals surface area (Å²) in [5.41, 5.74) is 1.07. The monoisotopic (exact) mass is 284 g/mol. The number of aromatic nitrogens is 1. The number of carbonyl (C=O) groups is 1. The van der Waals surface area contributed by atoms with E-state index in [1.165, 1.54) is 12.8 Å². The molecule has 0 aliphatic heterocycles. The molecule has 1 N–H and O–H groups in total. The second-order valence-corrected chi connectivity index (χ2v) is 5.74. The number of carboxylic acids is 1. The molecular weight excluding hydrogens is 264 g/mol. The number of nitrogens with zero attached hydrogens (tertiary/aromatic N) is 2. The Kier molecular flexibility index (Phi) is 3.78. The number of anilines is 1. The number of carboxylic acid groups (broad SMARTS) is 1. The van der Waals surface area contributed by atoms with Gasteiger partial charge in [0.1, 0.15) is 5.82 Å². The van der Waals surface area contributed by atoms with E-state index in [4.69, 9.17) is 0 Å². The van der Waals surface area contributed by atoms with Crippen LogP contribution in [0.4, 0.5) is 5.82 Å². The minimum Gasteiger partial charge on any atom is -0.478 e. The summed E-state index contributed by atoms with van der Waals surface area (Å²) in [6, 6.07) is 9.10. The molecule has 1 aromatic heterocycles. The molecule has 21 heavy (non-hydrogen) atoms.